The number of fused-ring (bicyclic) bond motifs is 1. The molecule has 0 saturated carbocycles. The molecule has 0 bridgehead atoms. The van der Waals surface area contributed by atoms with E-state index in [0.29, 0.717) is 5.57 Å². The van der Waals surface area contributed by atoms with Crippen molar-refractivity contribution in [1.29, 1.82) is 0 Å². The number of amides is 1. The van der Waals surface area contributed by atoms with Gasteiger partial charge in [-0.15, -0.1) is 0 Å². The lowest BCUT2D eigenvalue weighted by Gasteiger charge is -2.33. The van der Waals surface area contributed by atoms with E-state index < -0.39 is 5.54 Å². The molecule has 0 aromatic heterocycles. The average molecular weight is 280 g/mol. The number of carbonyl (C=O) groups excluding carboxylic acids is 1. The molecule has 3 rings (SSSR count). The summed E-state index contributed by atoms with van der Waals surface area (Å²) in [6.45, 7) is 10.1. The summed E-state index contributed by atoms with van der Waals surface area (Å²) in [6, 6.07) is 12.6. The number of hydrogen-bond acceptors (Lipinski definition) is 2. The Kier molecular flexibility index (Phi) is 3.01. The van der Waals surface area contributed by atoms with Gasteiger partial charge in [0.05, 0.1) is 11.2 Å². The van der Waals surface area contributed by atoms with Crippen LogP contribution in [0.25, 0.3) is 10.8 Å². The van der Waals surface area contributed by atoms with Crippen LogP contribution in [-0.2, 0) is 11.2 Å². The monoisotopic (exact) mass is 280 g/mol. The highest BCUT2D eigenvalue weighted by molar-refractivity contribution is 6.04. The zero-order valence-electron chi connectivity index (χ0n) is 12.7. The van der Waals surface area contributed by atoms with E-state index in [1.165, 1.54) is 10.9 Å². The van der Waals surface area contributed by atoms with Gasteiger partial charge in [-0.25, -0.2) is 0 Å². The van der Waals surface area contributed by atoms with Gasteiger partial charge in [-0.2, -0.15) is 0 Å². The molecule has 1 amide bonds. The minimum absolute atomic E-state index is 0.108. The van der Waals surface area contributed by atoms with Gasteiger partial charge in [0.15, 0.2) is 0 Å². The van der Waals surface area contributed by atoms with Crippen LogP contribution in [0.4, 0.5) is 5.69 Å². The van der Waals surface area contributed by atoms with Crippen molar-refractivity contribution in [3.8, 4) is 0 Å². The first-order valence-electron chi connectivity index (χ1n) is 7.28. The molecule has 0 radical (unpaired) electrons. The molecule has 108 valence electrons. The van der Waals surface area contributed by atoms with E-state index in [0.717, 1.165) is 17.5 Å². The van der Waals surface area contributed by atoms with E-state index in [1.807, 2.05) is 31.0 Å². The Labute approximate surface area is 125 Å². The number of carbonyl (C=O) groups is 1. The fourth-order valence-corrected chi connectivity index (χ4v) is 2.94. The molecule has 1 saturated heterocycles. The van der Waals surface area contributed by atoms with Gasteiger partial charge in [-0.1, -0.05) is 43.8 Å². The second-order valence-corrected chi connectivity index (χ2v) is 5.96. The minimum Gasteiger partial charge on any atom is -0.274 e. The lowest BCUT2D eigenvalue weighted by molar-refractivity contribution is -0.116. The zero-order valence-corrected chi connectivity index (χ0v) is 12.7. The zero-order chi connectivity index (χ0) is 15.2. The highest BCUT2D eigenvalue weighted by atomic mass is 16.2. The van der Waals surface area contributed by atoms with Crippen LogP contribution in [0.5, 0.6) is 0 Å². The number of hydrogen-bond donors (Lipinski definition) is 1. The van der Waals surface area contributed by atoms with Gasteiger partial charge < -0.3 is 0 Å². The highest BCUT2D eigenvalue weighted by Gasteiger charge is 2.42. The summed E-state index contributed by atoms with van der Waals surface area (Å²) in [6.07, 6.45) is 0.989. The summed E-state index contributed by atoms with van der Waals surface area (Å²) < 4.78 is 0. The fourth-order valence-electron chi connectivity index (χ4n) is 2.94. The number of anilines is 1. The predicted octanol–water partition coefficient (Wildman–Crippen LogP) is 3.59. The van der Waals surface area contributed by atoms with Crippen LogP contribution in [0.3, 0.4) is 0 Å². The molecule has 1 fully saturated rings. The number of rotatable bonds is 2. The van der Waals surface area contributed by atoms with Gasteiger partial charge >= 0.3 is 0 Å². The van der Waals surface area contributed by atoms with Crippen LogP contribution in [0, 0.1) is 0 Å². The van der Waals surface area contributed by atoms with E-state index in [2.05, 4.69) is 43.2 Å². The Bertz CT molecular complexity index is 746. The van der Waals surface area contributed by atoms with Crippen molar-refractivity contribution < 1.29 is 4.79 Å². The summed E-state index contributed by atoms with van der Waals surface area (Å²) in [7, 11) is 0. The molecular formula is C18H20N2O. The van der Waals surface area contributed by atoms with Crippen molar-refractivity contribution in [1.82, 2.24) is 5.43 Å². The number of nitrogens with one attached hydrogen (secondary N) is 1. The Morgan fingerprint density at radius 1 is 1.14 bits per heavy atom. The molecule has 0 spiro atoms. The smallest absolute Gasteiger partial charge is 0.267 e. The second-order valence-electron chi connectivity index (χ2n) is 5.96. The fraction of sp³-hybridized carbons (Fsp3) is 0.278. The van der Waals surface area contributed by atoms with Gasteiger partial charge in [0.1, 0.15) is 0 Å². The molecule has 2 aromatic carbocycles. The Hall–Kier alpha value is -2.29. The lowest BCUT2D eigenvalue weighted by Crippen LogP contribution is -2.45. The minimum atomic E-state index is -0.437. The Morgan fingerprint density at radius 2 is 1.81 bits per heavy atom. The molecule has 3 nitrogen and oxygen atoms in total. The molecule has 21 heavy (non-hydrogen) atoms. The largest absolute Gasteiger partial charge is 0.274 e. The molecule has 1 heterocycles. The van der Waals surface area contributed by atoms with Gasteiger partial charge in [0.25, 0.3) is 5.91 Å². The van der Waals surface area contributed by atoms with E-state index in [4.69, 9.17) is 0 Å². The molecule has 1 aliphatic heterocycles. The third-order valence-electron chi connectivity index (χ3n) is 4.40. The molecule has 0 atom stereocenters. The number of hydrazine groups is 1. The maximum absolute atomic E-state index is 12.0. The first-order valence-corrected chi connectivity index (χ1v) is 7.28. The van der Waals surface area contributed by atoms with E-state index in [1.54, 1.807) is 0 Å². The summed E-state index contributed by atoms with van der Waals surface area (Å²) in [4.78, 5) is 12.0. The maximum Gasteiger partial charge on any atom is 0.267 e. The predicted molar refractivity (Wildman–Crippen MR) is 87.2 cm³/mol. The number of aryl methyl sites for hydroxylation is 1. The Morgan fingerprint density at radius 3 is 2.43 bits per heavy atom. The summed E-state index contributed by atoms with van der Waals surface area (Å²) in [5.74, 6) is -0.108. The first-order chi connectivity index (χ1) is 9.96. The molecule has 3 heteroatoms. The molecule has 1 aliphatic rings. The van der Waals surface area contributed by atoms with Gasteiger partial charge in [-0.3, -0.25) is 15.2 Å². The third-order valence-corrected chi connectivity index (χ3v) is 4.40. The van der Waals surface area contributed by atoms with Gasteiger partial charge in [0, 0.05) is 11.0 Å². The van der Waals surface area contributed by atoms with Crippen molar-refractivity contribution in [2.45, 2.75) is 32.7 Å². The first kappa shape index (κ1) is 13.7. The normalized spacial score (nSPS) is 17.4. The van der Waals surface area contributed by atoms with Crippen molar-refractivity contribution in [3.63, 3.8) is 0 Å². The van der Waals surface area contributed by atoms with Crippen LogP contribution in [0.2, 0.25) is 0 Å². The highest BCUT2D eigenvalue weighted by Crippen LogP contribution is 2.37. The second kappa shape index (κ2) is 4.62. The van der Waals surface area contributed by atoms with Crippen LogP contribution >= 0.6 is 0 Å². The summed E-state index contributed by atoms with van der Waals surface area (Å²) in [5, 5.41) is 4.32. The standard InChI is InChI=1S/C18H20N2O/c1-5-13-8-6-10-15-14(13)9-7-11-16(15)20-18(3,4)12(2)17(21)19-20/h6-11H,2,5H2,1,3-4H3,(H,19,21). The van der Waals surface area contributed by atoms with Crippen LogP contribution in [-0.4, -0.2) is 11.4 Å². The molecule has 1 N–H and O–H groups in total. The van der Waals surface area contributed by atoms with Crippen molar-refractivity contribution in [3.05, 3.63) is 54.1 Å². The quantitative estimate of drug-likeness (QED) is 0.853. The summed E-state index contributed by atoms with van der Waals surface area (Å²) in [5.41, 5.74) is 5.42. The molecular weight excluding hydrogens is 260 g/mol. The SMILES string of the molecule is C=C1C(=O)NN(c2cccc3c(CC)cccc23)C1(C)C. The maximum atomic E-state index is 12.0. The van der Waals surface area contributed by atoms with Crippen molar-refractivity contribution >= 4 is 22.4 Å². The van der Waals surface area contributed by atoms with E-state index in [9.17, 15) is 4.79 Å². The van der Waals surface area contributed by atoms with Crippen LogP contribution in [0.1, 0.15) is 26.3 Å². The van der Waals surface area contributed by atoms with Gasteiger partial charge in [0.2, 0.25) is 0 Å². The van der Waals surface area contributed by atoms with Crippen LogP contribution < -0.4 is 10.4 Å². The van der Waals surface area contributed by atoms with Crippen molar-refractivity contribution in [2.75, 3.05) is 5.01 Å². The average Bonchev–Trinajstić information content (AvgIpc) is 2.69. The van der Waals surface area contributed by atoms with Crippen LogP contribution in [0.15, 0.2) is 48.6 Å². The summed E-state index contributed by atoms with van der Waals surface area (Å²) >= 11 is 0. The molecule has 2 aromatic rings. The number of nitrogens with zero attached hydrogens (tertiary/aromatic N) is 1. The lowest BCUT2D eigenvalue weighted by atomic mass is 9.94. The molecule has 0 unspecified atom stereocenters. The van der Waals surface area contributed by atoms with Crippen molar-refractivity contribution in [2.24, 2.45) is 0 Å². The number of benzene rings is 2. The van der Waals surface area contributed by atoms with Gasteiger partial charge in [-0.05, 0) is 37.3 Å². The topological polar surface area (TPSA) is 32.3 Å². The van der Waals surface area contributed by atoms with E-state index in [-0.39, 0.29) is 5.91 Å². The third kappa shape index (κ3) is 1.92. The molecule has 0 aliphatic carbocycles. The Balaban J connectivity index is 2.22. The van der Waals surface area contributed by atoms with E-state index >= 15 is 0 Å².